The lowest BCUT2D eigenvalue weighted by atomic mass is 10.1. The second-order valence-corrected chi connectivity index (χ2v) is 10.7. The Bertz CT molecular complexity index is 457. The molecule has 1 aromatic rings. The molecule has 1 aromatic heterocycles. The molecule has 0 aliphatic rings. The fourth-order valence-electron chi connectivity index (χ4n) is 4.38. The van der Waals surface area contributed by atoms with Gasteiger partial charge in [-0.3, -0.25) is 0 Å². The molecule has 0 saturated heterocycles. The smallest absolute Gasteiger partial charge is 0.216 e. The van der Waals surface area contributed by atoms with Crippen molar-refractivity contribution in [3.05, 3.63) is 11.4 Å². The zero-order chi connectivity index (χ0) is 23.7. The van der Waals surface area contributed by atoms with Crippen molar-refractivity contribution in [2.75, 3.05) is 13.2 Å². The van der Waals surface area contributed by atoms with E-state index >= 15 is 0 Å². The molecule has 0 unspecified atom stereocenters. The zero-order valence-corrected chi connectivity index (χ0v) is 23.2. The van der Waals surface area contributed by atoms with Crippen LogP contribution < -0.4 is 9.47 Å². The molecule has 2 nitrogen and oxygen atoms in total. The summed E-state index contributed by atoms with van der Waals surface area (Å²) in [7, 11) is 0. The first-order valence-corrected chi connectivity index (χ1v) is 15.6. The van der Waals surface area contributed by atoms with Crippen molar-refractivity contribution in [3.8, 4) is 10.8 Å². The third kappa shape index (κ3) is 19.3. The molecule has 3 heteroatoms. The molecular weight excluding hydrogens is 424 g/mol. The third-order valence-corrected chi connectivity index (χ3v) is 7.39. The summed E-state index contributed by atoms with van der Waals surface area (Å²) in [5.41, 5.74) is 0. The Morgan fingerprint density at radius 1 is 0.485 bits per heavy atom. The summed E-state index contributed by atoms with van der Waals surface area (Å²) in [6, 6.07) is 2.07. The van der Waals surface area contributed by atoms with Gasteiger partial charge >= 0.3 is 0 Å². The molecule has 1 rings (SSSR count). The summed E-state index contributed by atoms with van der Waals surface area (Å²) in [6.45, 7) is 6.22. The van der Waals surface area contributed by atoms with Crippen LogP contribution in [0, 0.1) is 0 Å². The van der Waals surface area contributed by atoms with E-state index in [0.29, 0.717) is 0 Å². The predicted octanol–water partition coefficient (Wildman–Crippen LogP) is 11.1. The van der Waals surface area contributed by atoms with E-state index in [0.717, 1.165) is 36.9 Å². The van der Waals surface area contributed by atoms with Crippen LogP contribution in [-0.2, 0) is 0 Å². The summed E-state index contributed by atoms with van der Waals surface area (Å²) < 4.78 is 12.0. The molecule has 0 spiro atoms. The summed E-state index contributed by atoms with van der Waals surface area (Å²) >= 11 is 1.67. The lowest BCUT2D eigenvalue weighted by molar-refractivity contribution is 0.265. The van der Waals surface area contributed by atoms with Gasteiger partial charge in [0, 0.05) is 0 Å². The van der Waals surface area contributed by atoms with Gasteiger partial charge in [0.2, 0.25) is 5.06 Å². The molecule has 0 amide bonds. The second-order valence-electron chi connectivity index (χ2n) is 9.84. The van der Waals surface area contributed by atoms with Gasteiger partial charge in [-0.05, 0) is 24.3 Å². The van der Waals surface area contributed by atoms with E-state index in [1.807, 2.05) is 0 Å². The fraction of sp³-hybridized carbons (Fsp3) is 0.867. The highest BCUT2D eigenvalue weighted by atomic mass is 32.1. The average molecular weight is 481 g/mol. The van der Waals surface area contributed by atoms with Gasteiger partial charge in [0.05, 0.1) is 13.2 Å². The molecule has 0 atom stereocenters. The van der Waals surface area contributed by atoms with E-state index in [1.165, 1.54) is 128 Å². The molecule has 0 aromatic carbocycles. The van der Waals surface area contributed by atoms with E-state index in [4.69, 9.17) is 9.47 Å². The van der Waals surface area contributed by atoms with Crippen LogP contribution in [0.25, 0.3) is 0 Å². The van der Waals surface area contributed by atoms with Gasteiger partial charge in [0.1, 0.15) is 0 Å². The van der Waals surface area contributed by atoms with Crippen LogP contribution in [0.2, 0.25) is 0 Å². The largest absolute Gasteiger partial charge is 0.489 e. The van der Waals surface area contributed by atoms with Gasteiger partial charge in [-0.2, -0.15) is 0 Å². The van der Waals surface area contributed by atoms with Crippen LogP contribution in [-0.4, -0.2) is 13.2 Å². The predicted molar refractivity (Wildman–Crippen MR) is 148 cm³/mol. The molecule has 0 aliphatic heterocycles. The minimum Gasteiger partial charge on any atom is -0.489 e. The van der Waals surface area contributed by atoms with Crippen molar-refractivity contribution in [2.45, 2.75) is 155 Å². The van der Waals surface area contributed by atoms with E-state index in [-0.39, 0.29) is 0 Å². The van der Waals surface area contributed by atoms with E-state index in [9.17, 15) is 0 Å². The van der Waals surface area contributed by atoms with Crippen LogP contribution >= 0.6 is 11.3 Å². The van der Waals surface area contributed by atoms with Gasteiger partial charge in [-0.25, -0.2) is 0 Å². The number of hydrogen-bond donors (Lipinski definition) is 0. The quantitative estimate of drug-likeness (QED) is 0.123. The lowest BCUT2D eigenvalue weighted by Gasteiger charge is -2.09. The molecular formula is C30H56O2S. The van der Waals surface area contributed by atoms with Crippen LogP contribution in [0.1, 0.15) is 155 Å². The highest BCUT2D eigenvalue weighted by Crippen LogP contribution is 2.34. The molecule has 194 valence electrons. The van der Waals surface area contributed by atoms with Crippen LogP contribution in [0.15, 0.2) is 11.4 Å². The topological polar surface area (TPSA) is 18.5 Å². The molecule has 0 aliphatic carbocycles. The van der Waals surface area contributed by atoms with Gasteiger partial charge in [0.15, 0.2) is 5.75 Å². The summed E-state index contributed by atoms with van der Waals surface area (Å²) in [5.74, 6) is 0.954. The molecule has 0 fully saturated rings. The van der Waals surface area contributed by atoms with E-state index in [2.05, 4.69) is 25.3 Å². The third-order valence-electron chi connectivity index (χ3n) is 6.58. The van der Waals surface area contributed by atoms with E-state index in [1.54, 1.807) is 11.3 Å². The Morgan fingerprint density at radius 3 is 1.27 bits per heavy atom. The Hall–Kier alpha value is -0.700. The summed E-state index contributed by atoms with van der Waals surface area (Å²) in [4.78, 5) is 0. The maximum absolute atomic E-state index is 6.01. The first-order valence-electron chi connectivity index (χ1n) is 14.7. The van der Waals surface area contributed by atoms with Gasteiger partial charge < -0.3 is 9.47 Å². The highest BCUT2D eigenvalue weighted by Gasteiger charge is 2.06. The summed E-state index contributed by atoms with van der Waals surface area (Å²) in [5, 5.41) is 3.07. The van der Waals surface area contributed by atoms with E-state index < -0.39 is 0 Å². The van der Waals surface area contributed by atoms with Crippen molar-refractivity contribution in [1.29, 1.82) is 0 Å². The minimum absolute atomic E-state index is 0.822. The first kappa shape index (κ1) is 30.3. The number of ether oxygens (including phenoxy) is 2. The van der Waals surface area contributed by atoms with Crippen molar-refractivity contribution in [3.63, 3.8) is 0 Å². The van der Waals surface area contributed by atoms with Gasteiger partial charge in [0.25, 0.3) is 0 Å². The maximum atomic E-state index is 6.01. The summed E-state index contributed by atoms with van der Waals surface area (Å²) in [6.07, 6.45) is 30.2. The Morgan fingerprint density at radius 2 is 0.848 bits per heavy atom. The maximum Gasteiger partial charge on any atom is 0.216 e. The average Bonchev–Trinajstić information content (AvgIpc) is 3.27. The lowest BCUT2D eigenvalue weighted by Crippen LogP contribution is -2.00. The molecule has 0 N–H and O–H groups in total. The Kier molecular flexibility index (Phi) is 22.4. The Labute approximate surface area is 211 Å². The van der Waals surface area contributed by atoms with Crippen molar-refractivity contribution < 1.29 is 9.47 Å². The molecule has 0 radical (unpaired) electrons. The normalized spacial score (nSPS) is 11.2. The minimum atomic E-state index is 0.822. The van der Waals surface area contributed by atoms with Crippen LogP contribution in [0.5, 0.6) is 10.8 Å². The number of rotatable bonds is 26. The molecule has 33 heavy (non-hydrogen) atoms. The fourth-order valence-corrected chi connectivity index (χ4v) is 5.09. The second kappa shape index (κ2) is 24.4. The number of thiophene rings is 1. The van der Waals surface area contributed by atoms with Crippen LogP contribution in [0.3, 0.4) is 0 Å². The van der Waals surface area contributed by atoms with Gasteiger partial charge in [-0.1, -0.05) is 142 Å². The standard InChI is InChI=1S/C30H56O2S/c1-3-5-7-9-11-13-15-17-19-21-23-26-31-29-25-28-33-30(29)32-27-24-22-20-18-16-14-12-10-8-6-4-2/h25,28H,3-24,26-27H2,1-2H3. The number of unbranched alkanes of at least 4 members (excludes halogenated alkanes) is 20. The SMILES string of the molecule is CCCCCCCCCCCCCOc1ccsc1OCCCCCCCCCCCCC. The number of hydrogen-bond acceptors (Lipinski definition) is 3. The van der Waals surface area contributed by atoms with Crippen molar-refractivity contribution >= 4 is 11.3 Å². The van der Waals surface area contributed by atoms with Crippen molar-refractivity contribution in [2.24, 2.45) is 0 Å². The Balaban J connectivity index is 1.89. The molecule has 0 bridgehead atoms. The zero-order valence-electron chi connectivity index (χ0n) is 22.4. The van der Waals surface area contributed by atoms with Crippen LogP contribution in [0.4, 0.5) is 0 Å². The van der Waals surface area contributed by atoms with Crippen molar-refractivity contribution in [1.82, 2.24) is 0 Å². The van der Waals surface area contributed by atoms with Gasteiger partial charge in [-0.15, -0.1) is 11.3 Å². The monoisotopic (exact) mass is 480 g/mol. The molecule has 1 heterocycles. The molecule has 0 saturated carbocycles. The first-order chi connectivity index (χ1) is 16.4. The highest BCUT2D eigenvalue weighted by molar-refractivity contribution is 7.12.